The molecule has 0 spiro atoms. The van der Waals surface area contributed by atoms with Crippen molar-refractivity contribution in [1.29, 1.82) is 0 Å². The number of benzene rings is 2. The van der Waals surface area contributed by atoms with Crippen molar-refractivity contribution in [2.45, 2.75) is 30.5 Å². The molecule has 0 saturated heterocycles. The second kappa shape index (κ2) is 12.3. The SMILES string of the molecule is COc1ccccc1-c1noc(CCC(=O)Nc2nnc(SCCC(=O)Nc3cccc(C)c3)s2)n1. The molecule has 186 valence electrons. The second-order valence-electron chi connectivity index (χ2n) is 7.65. The van der Waals surface area contributed by atoms with Crippen LogP contribution in [0.3, 0.4) is 0 Å². The maximum Gasteiger partial charge on any atom is 0.227 e. The van der Waals surface area contributed by atoms with Crippen LogP contribution in [0, 0.1) is 6.92 Å². The zero-order valence-corrected chi connectivity index (χ0v) is 21.3. The van der Waals surface area contributed by atoms with Crippen LogP contribution in [0.25, 0.3) is 11.4 Å². The smallest absolute Gasteiger partial charge is 0.227 e. The minimum absolute atomic E-state index is 0.0685. The minimum atomic E-state index is -0.239. The van der Waals surface area contributed by atoms with Crippen molar-refractivity contribution in [3.05, 3.63) is 60.0 Å². The largest absolute Gasteiger partial charge is 0.496 e. The Balaban J connectivity index is 1.19. The summed E-state index contributed by atoms with van der Waals surface area (Å²) in [5.41, 5.74) is 2.58. The summed E-state index contributed by atoms with van der Waals surface area (Å²) in [6.45, 7) is 1.97. The average Bonchev–Trinajstić information content (AvgIpc) is 3.52. The number of anilines is 2. The number of aromatic nitrogens is 4. The van der Waals surface area contributed by atoms with Crippen molar-refractivity contribution in [2.24, 2.45) is 0 Å². The van der Waals surface area contributed by atoms with Crippen molar-refractivity contribution >= 4 is 45.7 Å². The number of ether oxygens (including phenoxy) is 1. The van der Waals surface area contributed by atoms with Gasteiger partial charge in [0, 0.05) is 30.7 Å². The van der Waals surface area contributed by atoms with Crippen molar-refractivity contribution in [1.82, 2.24) is 20.3 Å². The predicted octanol–water partition coefficient (Wildman–Crippen LogP) is 4.60. The van der Waals surface area contributed by atoms with E-state index in [0.29, 0.717) is 44.7 Å². The molecular formula is C24H24N6O4S2. The van der Waals surface area contributed by atoms with Gasteiger partial charge in [-0.05, 0) is 36.8 Å². The van der Waals surface area contributed by atoms with Crippen LogP contribution in [0.15, 0.2) is 57.4 Å². The van der Waals surface area contributed by atoms with E-state index in [9.17, 15) is 9.59 Å². The first-order valence-corrected chi connectivity index (χ1v) is 12.9. The molecule has 12 heteroatoms. The van der Waals surface area contributed by atoms with E-state index in [1.165, 1.54) is 23.1 Å². The van der Waals surface area contributed by atoms with Gasteiger partial charge in [0.1, 0.15) is 5.75 Å². The second-order valence-corrected chi connectivity index (χ2v) is 9.97. The van der Waals surface area contributed by atoms with E-state index in [1.807, 2.05) is 55.5 Å². The lowest BCUT2D eigenvalue weighted by Crippen LogP contribution is -2.12. The number of rotatable bonds is 11. The lowest BCUT2D eigenvalue weighted by molar-refractivity contribution is -0.116. The topological polar surface area (TPSA) is 132 Å². The van der Waals surface area contributed by atoms with Crippen molar-refractivity contribution in [3.63, 3.8) is 0 Å². The van der Waals surface area contributed by atoms with Gasteiger partial charge >= 0.3 is 0 Å². The van der Waals surface area contributed by atoms with Gasteiger partial charge in [0.05, 0.1) is 12.7 Å². The summed E-state index contributed by atoms with van der Waals surface area (Å²) in [6, 6.07) is 15.0. The standard InChI is InChI=1S/C24H24N6O4S2/c1-15-6-5-7-16(14-15)25-20(32)12-13-35-24-29-28-23(36-24)26-19(31)10-11-21-27-22(30-34-21)17-8-3-4-9-18(17)33-2/h3-9,14H,10-13H2,1-2H3,(H,25,32)(H,26,28,31). The fraction of sp³-hybridized carbons (Fsp3) is 0.250. The predicted molar refractivity (Wildman–Crippen MR) is 138 cm³/mol. The summed E-state index contributed by atoms with van der Waals surface area (Å²) in [7, 11) is 1.57. The van der Waals surface area contributed by atoms with Crippen LogP contribution in [0.4, 0.5) is 10.8 Å². The summed E-state index contributed by atoms with van der Waals surface area (Å²) in [4.78, 5) is 28.8. The fourth-order valence-corrected chi connectivity index (χ4v) is 4.97. The lowest BCUT2D eigenvalue weighted by Gasteiger charge is -2.05. The molecule has 0 saturated carbocycles. The van der Waals surface area contributed by atoms with Crippen molar-refractivity contribution < 1.29 is 18.8 Å². The van der Waals surface area contributed by atoms with Gasteiger partial charge in [0.25, 0.3) is 0 Å². The molecule has 0 bridgehead atoms. The van der Waals surface area contributed by atoms with Crippen LogP contribution >= 0.6 is 23.1 Å². The number of amides is 2. The highest BCUT2D eigenvalue weighted by molar-refractivity contribution is 8.01. The molecule has 2 aromatic carbocycles. The first-order valence-electron chi connectivity index (χ1n) is 11.1. The lowest BCUT2D eigenvalue weighted by atomic mass is 10.2. The molecule has 0 radical (unpaired) electrons. The van der Waals surface area contributed by atoms with Gasteiger partial charge in [-0.3, -0.25) is 9.59 Å². The molecule has 4 rings (SSSR count). The zero-order chi connectivity index (χ0) is 25.3. The third kappa shape index (κ3) is 7.12. The number of hydrogen-bond acceptors (Lipinski definition) is 10. The summed E-state index contributed by atoms with van der Waals surface area (Å²) >= 11 is 2.67. The van der Waals surface area contributed by atoms with Gasteiger partial charge in [0.2, 0.25) is 28.7 Å². The third-order valence-corrected chi connectivity index (χ3v) is 6.86. The molecule has 2 N–H and O–H groups in total. The van der Waals surface area contributed by atoms with Crippen LogP contribution in [-0.2, 0) is 16.0 Å². The monoisotopic (exact) mass is 524 g/mol. The number of carbonyl (C=O) groups is 2. The number of nitrogens with zero attached hydrogens (tertiary/aromatic N) is 4. The Labute approximate surface area is 215 Å². The van der Waals surface area contributed by atoms with Crippen LogP contribution in [0.5, 0.6) is 5.75 Å². The summed E-state index contributed by atoms with van der Waals surface area (Å²) in [5.74, 6) is 1.63. The van der Waals surface area contributed by atoms with E-state index in [-0.39, 0.29) is 24.7 Å². The molecule has 0 aliphatic carbocycles. The van der Waals surface area contributed by atoms with E-state index in [1.54, 1.807) is 7.11 Å². The molecule has 2 aromatic heterocycles. The number of thioether (sulfide) groups is 1. The number of nitrogens with one attached hydrogen (secondary N) is 2. The van der Waals surface area contributed by atoms with E-state index in [2.05, 4.69) is 31.0 Å². The maximum atomic E-state index is 12.3. The molecule has 10 nitrogen and oxygen atoms in total. The molecule has 0 unspecified atom stereocenters. The molecule has 0 atom stereocenters. The summed E-state index contributed by atoms with van der Waals surface area (Å²) in [5, 5.41) is 18.0. The van der Waals surface area contributed by atoms with Crippen molar-refractivity contribution in [2.75, 3.05) is 23.5 Å². The number of para-hydroxylation sites is 1. The van der Waals surface area contributed by atoms with Gasteiger partial charge in [0.15, 0.2) is 4.34 Å². The maximum absolute atomic E-state index is 12.3. The molecular weight excluding hydrogens is 500 g/mol. The summed E-state index contributed by atoms with van der Waals surface area (Å²) in [6.07, 6.45) is 0.764. The van der Waals surface area contributed by atoms with Gasteiger partial charge in [-0.1, -0.05) is 52.5 Å². The number of hydrogen-bond donors (Lipinski definition) is 2. The van der Waals surface area contributed by atoms with Gasteiger partial charge in [-0.15, -0.1) is 10.2 Å². The first-order chi connectivity index (χ1) is 17.5. The Kier molecular flexibility index (Phi) is 8.63. The Morgan fingerprint density at radius 2 is 1.89 bits per heavy atom. The van der Waals surface area contributed by atoms with Crippen LogP contribution in [-0.4, -0.2) is 45.0 Å². The Morgan fingerprint density at radius 1 is 1.06 bits per heavy atom. The highest BCUT2D eigenvalue weighted by Crippen LogP contribution is 2.28. The zero-order valence-electron chi connectivity index (χ0n) is 19.7. The van der Waals surface area contributed by atoms with Crippen molar-refractivity contribution in [3.8, 4) is 17.1 Å². The molecule has 0 aliphatic heterocycles. The van der Waals surface area contributed by atoms with Gasteiger partial charge < -0.3 is 19.9 Å². The Hall–Kier alpha value is -3.77. The molecule has 0 aliphatic rings. The molecule has 0 fully saturated rings. The highest BCUT2D eigenvalue weighted by Gasteiger charge is 2.15. The van der Waals surface area contributed by atoms with Crippen LogP contribution in [0.2, 0.25) is 0 Å². The first kappa shape index (κ1) is 25.3. The average molecular weight is 525 g/mol. The van der Waals surface area contributed by atoms with Gasteiger partial charge in [-0.25, -0.2) is 0 Å². The Bertz CT molecular complexity index is 1340. The molecule has 36 heavy (non-hydrogen) atoms. The normalized spacial score (nSPS) is 10.7. The third-order valence-electron chi connectivity index (χ3n) is 4.89. The van der Waals surface area contributed by atoms with Gasteiger partial charge in [-0.2, -0.15) is 4.98 Å². The Morgan fingerprint density at radius 3 is 2.72 bits per heavy atom. The quantitative estimate of drug-likeness (QED) is 0.213. The number of methoxy groups -OCH3 is 1. The van der Waals surface area contributed by atoms with E-state index in [0.717, 1.165) is 11.3 Å². The molecule has 2 heterocycles. The van der Waals surface area contributed by atoms with E-state index < -0.39 is 0 Å². The fourth-order valence-electron chi connectivity index (χ4n) is 3.19. The number of carbonyl (C=O) groups excluding carboxylic acids is 2. The molecule has 4 aromatic rings. The van der Waals surface area contributed by atoms with Crippen LogP contribution in [0.1, 0.15) is 24.3 Å². The highest BCUT2D eigenvalue weighted by atomic mass is 32.2. The van der Waals surface area contributed by atoms with Crippen LogP contribution < -0.4 is 15.4 Å². The number of aryl methyl sites for hydroxylation is 2. The summed E-state index contributed by atoms with van der Waals surface area (Å²) < 4.78 is 11.3. The van der Waals surface area contributed by atoms with E-state index in [4.69, 9.17) is 9.26 Å². The molecule has 2 amide bonds. The minimum Gasteiger partial charge on any atom is -0.496 e. The van der Waals surface area contributed by atoms with E-state index >= 15 is 0 Å².